The van der Waals surface area contributed by atoms with Gasteiger partial charge in [0, 0.05) is 5.56 Å². The Labute approximate surface area is 231 Å². The fraction of sp³-hybridized carbons (Fsp3) is 0.385. The highest BCUT2D eigenvalue weighted by Gasteiger charge is 2.31. The highest BCUT2D eigenvalue weighted by atomic mass is 32.2. The first-order valence-corrected chi connectivity index (χ1v) is 13.6. The summed E-state index contributed by atoms with van der Waals surface area (Å²) in [6.07, 6.45) is -1.03. The fourth-order valence-corrected chi connectivity index (χ4v) is 4.73. The first kappa shape index (κ1) is 32.2. The summed E-state index contributed by atoms with van der Waals surface area (Å²) in [4.78, 5) is 49.3. The highest BCUT2D eigenvalue weighted by Crippen LogP contribution is 2.24. The molecule has 218 valence electrons. The average molecular weight is 582 g/mol. The molecule has 40 heavy (non-hydrogen) atoms. The van der Waals surface area contributed by atoms with Crippen LogP contribution in [0.2, 0.25) is 0 Å². The van der Waals surface area contributed by atoms with Crippen molar-refractivity contribution >= 4 is 33.6 Å². The lowest BCUT2D eigenvalue weighted by Crippen LogP contribution is -2.55. The van der Waals surface area contributed by atoms with Crippen LogP contribution in [-0.2, 0) is 35.6 Å². The standard InChI is InChI=1S/C26H32FN3O9S/c1-15(2)25(30-23(32)12-16-11-17(38-3)9-10-21(16)39-4)26(35)29-19(13-24(33)34)20(31)14-28-40(36,37)22-8-6-5-7-18(22)27/h5-11,15,19,25,28H,12-14H2,1-4H3,(H,29,35)(H,30,32)(H,33,34)/t19-,25-/m0/s1. The third-order valence-electron chi connectivity index (χ3n) is 5.75. The largest absolute Gasteiger partial charge is 0.497 e. The van der Waals surface area contributed by atoms with Gasteiger partial charge in [-0.3, -0.25) is 19.2 Å². The number of nitrogens with one attached hydrogen (secondary N) is 3. The van der Waals surface area contributed by atoms with Crippen LogP contribution in [0.15, 0.2) is 47.4 Å². The van der Waals surface area contributed by atoms with Crippen LogP contribution in [0.5, 0.6) is 11.5 Å². The average Bonchev–Trinajstić information content (AvgIpc) is 2.89. The third kappa shape index (κ3) is 9.02. The van der Waals surface area contributed by atoms with E-state index in [2.05, 4.69) is 10.6 Å². The molecule has 0 aliphatic heterocycles. The van der Waals surface area contributed by atoms with Crippen molar-refractivity contribution in [3.05, 3.63) is 53.8 Å². The van der Waals surface area contributed by atoms with E-state index < -0.39 is 75.3 Å². The predicted octanol–water partition coefficient (Wildman–Crippen LogP) is 1.03. The first-order chi connectivity index (χ1) is 18.8. The normalized spacial score (nSPS) is 12.8. The number of ketones is 1. The zero-order valence-corrected chi connectivity index (χ0v) is 23.2. The van der Waals surface area contributed by atoms with Crippen molar-refractivity contribution < 1.29 is 46.6 Å². The molecule has 2 atom stereocenters. The van der Waals surface area contributed by atoms with Gasteiger partial charge < -0.3 is 25.2 Å². The van der Waals surface area contributed by atoms with Crippen LogP contribution in [0.25, 0.3) is 0 Å². The maximum absolute atomic E-state index is 13.9. The molecule has 0 bridgehead atoms. The smallest absolute Gasteiger partial charge is 0.305 e. The van der Waals surface area contributed by atoms with E-state index >= 15 is 0 Å². The second kappa shape index (κ2) is 14.4. The number of amides is 2. The molecule has 0 aromatic heterocycles. The maximum Gasteiger partial charge on any atom is 0.305 e. The van der Waals surface area contributed by atoms with Gasteiger partial charge in [0.15, 0.2) is 5.78 Å². The highest BCUT2D eigenvalue weighted by molar-refractivity contribution is 7.89. The number of hydrogen-bond donors (Lipinski definition) is 4. The zero-order valence-electron chi connectivity index (χ0n) is 22.4. The molecule has 0 radical (unpaired) electrons. The number of methoxy groups -OCH3 is 2. The van der Waals surface area contributed by atoms with Crippen LogP contribution < -0.4 is 24.8 Å². The van der Waals surface area contributed by atoms with E-state index in [1.807, 2.05) is 4.72 Å². The van der Waals surface area contributed by atoms with Crippen molar-refractivity contribution in [2.45, 2.75) is 43.7 Å². The van der Waals surface area contributed by atoms with Crippen LogP contribution in [0, 0.1) is 11.7 Å². The third-order valence-corrected chi connectivity index (χ3v) is 7.19. The number of hydrogen-bond acceptors (Lipinski definition) is 8. The molecule has 2 amide bonds. The minimum absolute atomic E-state index is 0.174. The van der Waals surface area contributed by atoms with Gasteiger partial charge in [0.25, 0.3) is 0 Å². The van der Waals surface area contributed by atoms with Gasteiger partial charge in [-0.15, -0.1) is 0 Å². The monoisotopic (exact) mass is 581 g/mol. The Balaban J connectivity index is 2.14. The van der Waals surface area contributed by atoms with Crippen LogP contribution in [-0.4, -0.2) is 69.9 Å². The van der Waals surface area contributed by atoms with Gasteiger partial charge in [-0.25, -0.2) is 17.5 Å². The Hall–Kier alpha value is -4.04. The van der Waals surface area contributed by atoms with Crippen molar-refractivity contribution in [3.63, 3.8) is 0 Å². The molecule has 0 aliphatic rings. The van der Waals surface area contributed by atoms with E-state index in [4.69, 9.17) is 9.47 Å². The number of carboxylic acid groups (broad SMARTS) is 1. The molecular formula is C26H32FN3O9S. The summed E-state index contributed by atoms with van der Waals surface area (Å²) in [5.41, 5.74) is 0.489. The number of carbonyl (C=O) groups is 4. The van der Waals surface area contributed by atoms with Gasteiger partial charge in [-0.05, 0) is 36.2 Å². The molecule has 0 saturated heterocycles. The minimum Gasteiger partial charge on any atom is -0.497 e. The molecule has 14 heteroatoms. The number of Topliss-reactive ketones (excluding diaryl/α,β-unsaturated/α-hetero) is 1. The molecule has 0 fully saturated rings. The SMILES string of the molecule is COc1ccc(OC)c(CC(=O)N[C@H](C(=O)N[C@@H](CC(=O)O)C(=O)CNS(=O)(=O)c2ccccc2F)C(C)C)c1. The van der Waals surface area contributed by atoms with E-state index in [0.29, 0.717) is 17.1 Å². The fourth-order valence-electron chi connectivity index (χ4n) is 3.66. The first-order valence-electron chi connectivity index (χ1n) is 12.1. The molecule has 2 aromatic carbocycles. The van der Waals surface area contributed by atoms with Crippen LogP contribution in [0.1, 0.15) is 25.8 Å². The number of benzene rings is 2. The quantitative estimate of drug-likeness (QED) is 0.239. The Bertz CT molecular complexity index is 1350. The summed E-state index contributed by atoms with van der Waals surface area (Å²) < 4.78 is 51.1. The van der Waals surface area contributed by atoms with E-state index in [1.54, 1.807) is 32.0 Å². The van der Waals surface area contributed by atoms with Gasteiger partial charge >= 0.3 is 5.97 Å². The lowest BCUT2D eigenvalue weighted by Gasteiger charge is -2.25. The number of aliphatic carboxylic acids is 1. The Morgan fingerprint density at radius 1 is 1.00 bits per heavy atom. The van der Waals surface area contributed by atoms with Crippen molar-refractivity contribution in [3.8, 4) is 11.5 Å². The van der Waals surface area contributed by atoms with E-state index in [0.717, 1.165) is 12.1 Å². The summed E-state index contributed by atoms with van der Waals surface area (Å²) in [5.74, 6) is -4.43. The van der Waals surface area contributed by atoms with Crippen molar-refractivity contribution in [1.29, 1.82) is 0 Å². The summed E-state index contributed by atoms with van der Waals surface area (Å²) in [6, 6.07) is 6.58. The summed E-state index contributed by atoms with van der Waals surface area (Å²) in [6.45, 7) is 2.35. The second-order valence-electron chi connectivity index (χ2n) is 9.02. The van der Waals surface area contributed by atoms with Gasteiger partial charge in [-0.2, -0.15) is 0 Å². The molecule has 0 saturated carbocycles. The Kier molecular flexibility index (Phi) is 11.6. The second-order valence-corrected chi connectivity index (χ2v) is 10.8. The van der Waals surface area contributed by atoms with Gasteiger partial charge in [0.2, 0.25) is 21.8 Å². The van der Waals surface area contributed by atoms with Crippen LogP contribution >= 0.6 is 0 Å². The lowest BCUT2D eigenvalue weighted by molar-refractivity contribution is -0.140. The Morgan fingerprint density at radius 2 is 1.68 bits per heavy atom. The topological polar surface area (TPSA) is 177 Å². The van der Waals surface area contributed by atoms with Crippen molar-refractivity contribution in [1.82, 2.24) is 15.4 Å². The lowest BCUT2D eigenvalue weighted by atomic mass is 10.0. The number of carbonyl (C=O) groups excluding carboxylic acids is 3. The molecule has 0 unspecified atom stereocenters. The van der Waals surface area contributed by atoms with E-state index in [-0.39, 0.29) is 6.42 Å². The number of carboxylic acids is 1. The molecule has 4 N–H and O–H groups in total. The molecule has 0 heterocycles. The molecule has 12 nitrogen and oxygen atoms in total. The summed E-state index contributed by atoms with van der Waals surface area (Å²) in [5, 5.41) is 14.1. The molecular weight excluding hydrogens is 549 g/mol. The molecule has 2 aromatic rings. The number of halogens is 1. The zero-order chi connectivity index (χ0) is 30.0. The van der Waals surface area contributed by atoms with E-state index in [9.17, 15) is 37.1 Å². The minimum atomic E-state index is -4.44. The predicted molar refractivity (Wildman–Crippen MR) is 141 cm³/mol. The molecule has 0 aliphatic carbocycles. The van der Waals surface area contributed by atoms with Crippen LogP contribution in [0.4, 0.5) is 4.39 Å². The summed E-state index contributed by atoms with van der Waals surface area (Å²) in [7, 11) is -1.55. The van der Waals surface area contributed by atoms with Gasteiger partial charge in [0.1, 0.15) is 28.3 Å². The van der Waals surface area contributed by atoms with Gasteiger partial charge in [0.05, 0.1) is 39.6 Å². The maximum atomic E-state index is 13.9. The number of ether oxygens (including phenoxy) is 2. The van der Waals surface area contributed by atoms with Crippen molar-refractivity contribution in [2.75, 3.05) is 20.8 Å². The van der Waals surface area contributed by atoms with Crippen molar-refractivity contribution in [2.24, 2.45) is 5.92 Å². The Morgan fingerprint density at radius 3 is 2.25 bits per heavy atom. The molecule has 0 spiro atoms. The molecule has 2 rings (SSSR count). The van der Waals surface area contributed by atoms with Gasteiger partial charge in [-0.1, -0.05) is 26.0 Å². The summed E-state index contributed by atoms with van der Waals surface area (Å²) >= 11 is 0. The number of sulfonamides is 1. The van der Waals surface area contributed by atoms with E-state index in [1.165, 1.54) is 26.4 Å². The van der Waals surface area contributed by atoms with Crippen LogP contribution in [0.3, 0.4) is 0 Å². The number of rotatable bonds is 15.